The lowest BCUT2D eigenvalue weighted by molar-refractivity contribution is 0.0638. The zero-order valence-corrected chi connectivity index (χ0v) is 20.6. The standard InChI is InChI=1S/C30H34N4O2/c35-27(19-33-15-12-22-4-1-2-5-25(22)18-33)20-36-28-7-3-6-23(16-28)24-8-9-29-30(17-24)34(21-32-29)26-10-13-31-14-11-26/h1-9,16-17,21,26-27,31,35H,10-15,18-20H2. The fraction of sp³-hybridized carbons (Fsp3) is 0.367. The Morgan fingerprint density at radius 3 is 2.69 bits per heavy atom. The molecule has 0 spiro atoms. The van der Waals surface area contributed by atoms with Gasteiger partial charge in [-0.15, -0.1) is 0 Å². The number of nitrogens with one attached hydrogen (secondary N) is 1. The van der Waals surface area contributed by atoms with Crippen LogP contribution in [0.1, 0.15) is 30.0 Å². The molecule has 3 aromatic carbocycles. The molecule has 0 bridgehead atoms. The maximum atomic E-state index is 10.7. The number of aliphatic hydroxyl groups excluding tert-OH is 1. The largest absolute Gasteiger partial charge is 0.491 e. The molecule has 1 atom stereocenters. The second-order valence-electron chi connectivity index (χ2n) is 10.1. The van der Waals surface area contributed by atoms with Gasteiger partial charge in [0.1, 0.15) is 18.5 Å². The van der Waals surface area contributed by atoms with Crippen molar-refractivity contribution in [2.45, 2.75) is 38.0 Å². The van der Waals surface area contributed by atoms with E-state index in [-0.39, 0.29) is 6.61 Å². The topological polar surface area (TPSA) is 62.6 Å². The predicted octanol–water partition coefficient (Wildman–Crippen LogP) is 4.43. The Morgan fingerprint density at radius 2 is 1.81 bits per heavy atom. The van der Waals surface area contributed by atoms with Crippen LogP contribution in [-0.2, 0) is 13.0 Å². The molecule has 0 aliphatic carbocycles. The molecule has 0 amide bonds. The van der Waals surface area contributed by atoms with Crippen molar-refractivity contribution in [3.8, 4) is 16.9 Å². The number of fused-ring (bicyclic) bond motifs is 2. The van der Waals surface area contributed by atoms with E-state index < -0.39 is 6.10 Å². The average Bonchev–Trinajstić information content (AvgIpc) is 3.36. The number of rotatable bonds is 7. The van der Waals surface area contributed by atoms with E-state index in [1.807, 2.05) is 18.5 Å². The average molecular weight is 483 g/mol. The fourth-order valence-electron chi connectivity index (χ4n) is 5.60. The normalized spacial score (nSPS) is 17.7. The summed E-state index contributed by atoms with van der Waals surface area (Å²) < 4.78 is 8.37. The van der Waals surface area contributed by atoms with Crippen LogP contribution in [0.25, 0.3) is 22.2 Å². The minimum absolute atomic E-state index is 0.281. The minimum Gasteiger partial charge on any atom is -0.491 e. The summed E-state index contributed by atoms with van der Waals surface area (Å²) in [4.78, 5) is 6.95. The fourth-order valence-corrected chi connectivity index (χ4v) is 5.60. The molecule has 2 aliphatic rings. The number of nitrogens with zero attached hydrogens (tertiary/aromatic N) is 3. The molecule has 2 N–H and O–H groups in total. The van der Waals surface area contributed by atoms with Gasteiger partial charge < -0.3 is 19.7 Å². The van der Waals surface area contributed by atoms with Gasteiger partial charge in [0, 0.05) is 25.7 Å². The summed E-state index contributed by atoms with van der Waals surface area (Å²) in [5, 5.41) is 14.1. The van der Waals surface area contributed by atoms with Crippen LogP contribution in [0.5, 0.6) is 5.75 Å². The molecule has 2 aliphatic heterocycles. The molecule has 6 heteroatoms. The van der Waals surface area contributed by atoms with Gasteiger partial charge in [-0.3, -0.25) is 4.90 Å². The summed E-state index contributed by atoms with van der Waals surface area (Å²) in [6.45, 7) is 4.87. The van der Waals surface area contributed by atoms with Crippen molar-refractivity contribution < 1.29 is 9.84 Å². The van der Waals surface area contributed by atoms with E-state index in [1.165, 1.54) is 16.6 Å². The van der Waals surface area contributed by atoms with Gasteiger partial charge in [-0.1, -0.05) is 42.5 Å². The van der Waals surface area contributed by atoms with Crippen LogP contribution in [0, 0.1) is 0 Å². The first-order valence-corrected chi connectivity index (χ1v) is 13.1. The number of hydrogen-bond acceptors (Lipinski definition) is 5. The van der Waals surface area contributed by atoms with Crippen molar-refractivity contribution in [3.05, 3.63) is 84.2 Å². The Bertz CT molecular complexity index is 1330. The smallest absolute Gasteiger partial charge is 0.120 e. The van der Waals surface area contributed by atoms with E-state index in [0.717, 1.165) is 67.8 Å². The van der Waals surface area contributed by atoms with Gasteiger partial charge in [0.15, 0.2) is 0 Å². The Balaban J connectivity index is 1.11. The van der Waals surface area contributed by atoms with Gasteiger partial charge in [-0.25, -0.2) is 4.98 Å². The third-order valence-electron chi connectivity index (χ3n) is 7.57. The van der Waals surface area contributed by atoms with E-state index in [4.69, 9.17) is 4.74 Å². The third kappa shape index (κ3) is 5.03. The first kappa shape index (κ1) is 23.2. The van der Waals surface area contributed by atoms with Gasteiger partial charge in [0.25, 0.3) is 0 Å². The van der Waals surface area contributed by atoms with E-state index in [1.54, 1.807) is 0 Å². The Kier molecular flexibility index (Phi) is 6.73. The van der Waals surface area contributed by atoms with Crippen LogP contribution < -0.4 is 10.1 Å². The van der Waals surface area contributed by atoms with Crippen LogP contribution >= 0.6 is 0 Å². The molecule has 3 heterocycles. The van der Waals surface area contributed by atoms with Gasteiger partial charge in [0.2, 0.25) is 0 Å². The molecular weight excluding hydrogens is 448 g/mol. The predicted molar refractivity (Wildman–Crippen MR) is 143 cm³/mol. The second-order valence-corrected chi connectivity index (χ2v) is 10.1. The molecule has 6 rings (SSSR count). The highest BCUT2D eigenvalue weighted by atomic mass is 16.5. The van der Waals surface area contributed by atoms with E-state index >= 15 is 0 Å². The first-order valence-electron chi connectivity index (χ1n) is 13.1. The van der Waals surface area contributed by atoms with E-state index in [9.17, 15) is 5.11 Å². The SMILES string of the molecule is OC(COc1cccc(-c2ccc3ncn(C4CCNCC4)c3c2)c1)CN1CCc2ccccc2C1. The van der Waals surface area contributed by atoms with Crippen LogP contribution in [0.15, 0.2) is 73.1 Å². The molecule has 6 nitrogen and oxygen atoms in total. The summed E-state index contributed by atoms with van der Waals surface area (Å²) in [6, 6.07) is 23.7. The van der Waals surface area contributed by atoms with Crippen molar-refractivity contribution >= 4 is 11.0 Å². The molecule has 36 heavy (non-hydrogen) atoms. The number of imidazole rings is 1. The Morgan fingerprint density at radius 1 is 0.972 bits per heavy atom. The van der Waals surface area contributed by atoms with Crippen molar-refractivity contribution in [3.63, 3.8) is 0 Å². The van der Waals surface area contributed by atoms with Crippen molar-refractivity contribution in [2.24, 2.45) is 0 Å². The van der Waals surface area contributed by atoms with Crippen molar-refractivity contribution in [2.75, 3.05) is 32.8 Å². The molecule has 186 valence electrons. The highest BCUT2D eigenvalue weighted by molar-refractivity contribution is 5.82. The lowest BCUT2D eigenvalue weighted by Crippen LogP contribution is -2.38. The molecule has 0 saturated carbocycles. The number of ether oxygens (including phenoxy) is 1. The zero-order valence-electron chi connectivity index (χ0n) is 20.6. The Labute approximate surface area is 212 Å². The number of β-amino-alcohol motifs (C(OH)–C–C–N with tert-alkyl or cyclic N) is 1. The number of aromatic nitrogens is 2. The highest BCUT2D eigenvalue weighted by Gasteiger charge is 2.19. The first-order chi connectivity index (χ1) is 17.7. The summed E-state index contributed by atoms with van der Waals surface area (Å²) in [5.74, 6) is 0.780. The van der Waals surface area contributed by atoms with Crippen molar-refractivity contribution in [1.82, 2.24) is 19.8 Å². The number of hydrogen-bond donors (Lipinski definition) is 2. The van der Waals surface area contributed by atoms with Gasteiger partial charge >= 0.3 is 0 Å². The third-order valence-corrected chi connectivity index (χ3v) is 7.57. The number of aliphatic hydroxyl groups is 1. The maximum Gasteiger partial charge on any atom is 0.120 e. The van der Waals surface area contributed by atoms with Crippen molar-refractivity contribution in [1.29, 1.82) is 0 Å². The van der Waals surface area contributed by atoms with Crippen LogP contribution in [0.2, 0.25) is 0 Å². The maximum absolute atomic E-state index is 10.7. The molecule has 1 unspecified atom stereocenters. The van der Waals surface area contributed by atoms with E-state index in [0.29, 0.717) is 12.6 Å². The zero-order chi connectivity index (χ0) is 24.3. The molecule has 4 aromatic rings. The quantitative estimate of drug-likeness (QED) is 0.408. The second kappa shape index (κ2) is 10.4. The number of piperidine rings is 1. The monoisotopic (exact) mass is 482 g/mol. The number of benzene rings is 3. The molecular formula is C30H34N4O2. The highest BCUT2D eigenvalue weighted by Crippen LogP contribution is 2.30. The summed E-state index contributed by atoms with van der Waals surface area (Å²) >= 11 is 0. The van der Waals surface area contributed by atoms with Gasteiger partial charge in [-0.05, 0) is 78.9 Å². The lowest BCUT2D eigenvalue weighted by Gasteiger charge is -2.30. The summed E-state index contributed by atoms with van der Waals surface area (Å²) in [6.07, 6.45) is 4.75. The lowest BCUT2D eigenvalue weighted by atomic mass is 10.00. The Hall–Kier alpha value is -3.19. The minimum atomic E-state index is -0.533. The molecule has 1 aromatic heterocycles. The summed E-state index contributed by atoms with van der Waals surface area (Å²) in [7, 11) is 0. The molecule has 0 radical (unpaired) electrons. The van der Waals surface area contributed by atoms with E-state index in [2.05, 4.69) is 74.4 Å². The molecule has 1 fully saturated rings. The summed E-state index contributed by atoms with van der Waals surface area (Å²) in [5.41, 5.74) is 7.26. The van der Waals surface area contributed by atoms with Gasteiger partial charge in [0.05, 0.1) is 17.4 Å². The molecule has 1 saturated heterocycles. The van der Waals surface area contributed by atoms with Crippen LogP contribution in [-0.4, -0.2) is 58.4 Å². The van der Waals surface area contributed by atoms with Crippen LogP contribution in [0.4, 0.5) is 0 Å². The van der Waals surface area contributed by atoms with Gasteiger partial charge in [-0.2, -0.15) is 0 Å². The van der Waals surface area contributed by atoms with Crippen LogP contribution in [0.3, 0.4) is 0 Å².